The number of para-hydroxylation sites is 1. The van der Waals surface area contributed by atoms with Crippen molar-refractivity contribution in [1.82, 2.24) is 9.99 Å². The Bertz CT molecular complexity index is 538. The van der Waals surface area contributed by atoms with E-state index in [1.54, 1.807) is 0 Å². The minimum atomic E-state index is 1.07. The van der Waals surface area contributed by atoms with E-state index in [9.17, 15) is 0 Å². The maximum Gasteiger partial charge on any atom is 0.0927 e. The lowest BCUT2D eigenvalue weighted by atomic mass is 10.2. The normalized spacial score (nSPS) is 16.2. The van der Waals surface area contributed by atoms with Gasteiger partial charge in [-0.25, -0.2) is 0 Å². The predicted octanol–water partition coefficient (Wildman–Crippen LogP) is 1.25. The van der Waals surface area contributed by atoms with Crippen molar-refractivity contribution in [3.8, 4) is 0 Å². The van der Waals surface area contributed by atoms with Crippen molar-refractivity contribution in [3.63, 3.8) is 0 Å². The van der Waals surface area contributed by atoms with E-state index in [0.29, 0.717) is 0 Å². The van der Waals surface area contributed by atoms with E-state index in [4.69, 9.17) is 0 Å². The summed E-state index contributed by atoms with van der Waals surface area (Å²) in [5.74, 6) is 0. The van der Waals surface area contributed by atoms with Crippen LogP contribution in [-0.2, 0) is 0 Å². The molecule has 0 aliphatic carbocycles. The molecule has 4 nitrogen and oxygen atoms in total. The summed E-state index contributed by atoms with van der Waals surface area (Å²) in [6.07, 6.45) is 2.14. The topological polar surface area (TPSA) is 23.4 Å². The number of piperazine rings is 1. The van der Waals surface area contributed by atoms with Crippen LogP contribution in [0.5, 0.6) is 0 Å². The molecule has 1 aliphatic heterocycles. The largest absolute Gasteiger partial charge is 0.367 e. The highest BCUT2D eigenvalue weighted by Gasteiger charge is 2.15. The summed E-state index contributed by atoms with van der Waals surface area (Å²) in [6.45, 7) is 4.30. The molecule has 1 aromatic heterocycles. The fraction of sp³-hybridized carbons (Fsp3) is 0.429. The average Bonchev–Trinajstić information content (AvgIpc) is 2.83. The smallest absolute Gasteiger partial charge is 0.0927 e. The Hall–Kier alpha value is -1.68. The van der Waals surface area contributed by atoms with Gasteiger partial charge in [0.2, 0.25) is 0 Å². The lowest BCUT2D eigenvalue weighted by Gasteiger charge is -2.31. The Morgan fingerprint density at radius 3 is 2.61 bits per heavy atom. The number of fused-ring (bicyclic) bond motifs is 1. The van der Waals surface area contributed by atoms with Crippen molar-refractivity contribution in [2.75, 3.05) is 50.2 Å². The van der Waals surface area contributed by atoms with Crippen molar-refractivity contribution in [2.24, 2.45) is 0 Å². The number of hydrogen-bond donors (Lipinski definition) is 1. The van der Waals surface area contributed by atoms with Crippen LogP contribution >= 0.6 is 0 Å². The van der Waals surface area contributed by atoms with Crippen LogP contribution in [0.2, 0.25) is 0 Å². The third-order valence-electron chi connectivity index (χ3n) is 3.56. The molecule has 0 amide bonds. The van der Waals surface area contributed by atoms with Crippen LogP contribution in [0.3, 0.4) is 0 Å². The van der Waals surface area contributed by atoms with Gasteiger partial charge in [0.05, 0.1) is 11.2 Å². The minimum Gasteiger partial charge on any atom is -0.367 e. The third kappa shape index (κ3) is 1.82. The van der Waals surface area contributed by atoms with E-state index in [0.717, 1.165) is 26.2 Å². The lowest BCUT2D eigenvalue weighted by molar-refractivity contribution is 0.589. The molecule has 1 aromatic carbocycles. The summed E-state index contributed by atoms with van der Waals surface area (Å²) in [5.41, 5.74) is 2.65. The monoisotopic (exact) mass is 244 g/mol. The van der Waals surface area contributed by atoms with Crippen LogP contribution in [0.25, 0.3) is 10.9 Å². The van der Waals surface area contributed by atoms with Crippen molar-refractivity contribution < 1.29 is 0 Å². The number of rotatable bonds is 2. The van der Waals surface area contributed by atoms with Crippen molar-refractivity contribution in [1.29, 1.82) is 0 Å². The molecule has 2 aromatic rings. The first-order valence-electron chi connectivity index (χ1n) is 6.51. The maximum atomic E-state index is 3.40. The number of nitrogens with zero attached hydrogens (tertiary/aromatic N) is 3. The maximum absolute atomic E-state index is 3.40. The van der Waals surface area contributed by atoms with Crippen LogP contribution < -0.4 is 15.2 Å². The molecule has 1 N–H and O–H groups in total. The van der Waals surface area contributed by atoms with Gasteiger partial charge in [-0.2, -0.15) is 0 Å². The SMILES string of the molecule is CN(C)n1ccc2cccc(N3CCNCC3)c21. The van der Waals surface area contributed by atoms with E-state index in [1.807, 2.05) is 0 Å². The van der Waals surface area contributed by atoms with Crippen LogP contribution in [0.1, 0.15) is 0 Å². The quantitative estimate of drug-likeness (QED) is 0.860. The second kappa shape index (κ2) is 4.53. The molecule has 2 heterocycles. The molecule has 0 saturated carbocycles. The second-order valence-electron chi connectivity index (χ2n) is 4.96. The van der Waals surface area contributed by atoms with Crippen molar-refractivity contribution in [3.05, 3.63) is 30.5 Å². The summed E-state index contributed by atoms with van der Waals surface area (Å²) < 4.78 is 2.21. The number of hydrogen-bond acceptors (Lipinski definition) is 3. The highest BCUT2D eigenvalue weighted by atomic mass is 15.5. The van der Waals surface area contributed by atoms with Gasteiger partial charge in [0, 0.05) is 51.9 Å². The first-order valence-corrected chi connectivity index (χ1v) is 6.51. The molecule has 18 heavy (non-hydrogen) atoms. The average molecular weight is 244 g/mol. The highest BCUT2D eigenvalue weighted by molar-refractivity contribution is 5.92. The van der Waals surface area contributed by atoms with Crippen molar-refractivity contribution >= 4 is 16.6 Å². The van der Waals surface area contributed by atoms with Crippen LogP contribution in [0, 0.1) is 0 Å². The number of aromatic nitrogens is 1. The number of nitrogens with one attached hydrogen (secondary N) is 1. The van der Waals surface area contributed by atoms with E-state index in [2.05, 4.69) is 64.5 Å². The Morgan fingerprint density at radius 1 is 1.11 bits per heavy atom. The number of benzene rings is 1. The summed E-state index contributed by atoms with van der Waals surface area (Å²) in [6, 6.07) is 8.75. The molecule has 4 heteroatoms. The zero-order valence-corrected chi connectivity index (χ0v) is 11.1. The summed E-state index contributed by atoms with van der Waals surface area (Å²) in [4.78, 5) is 2.47. The molecule has 1 saturated heterocycles. The standard InChI is InChI=1S/C14H20N4/c1-16(2)18-9-6-12-4-3-5-13(14(12)18)17-10-7-15-8-11-17/h3-6,9,15H,7-8,10-11H2,1-2H3. The minimum absolute atomic E-state index is 1.07. The molecule has 0 bridgehead atoms. The fourth-order valence-corrected chi connectivity index (χ4v) is 2.65. The summed E-state index contributed by atoms with van der Waals surface area (Å²) in [5, 5.41) is 6.83. The van der Waals surface area contributed by atoms with Gasteiger partial charge >= 0.3 is 0 Å². The van der Waals surface area contributed by atoms with Crippen molar-refractivity contribution in [2.45, 2.75) is 0 Å². The van der Waals surface area contributed by atoms with Gasteiger partial charge in [0.25, 0.3) is 0 Å². The zero-order chi connectivity index (χ0) is 12.5. The Kier molecular flexibility index (Phi) is 2.88. The first kappa shape index (κ1) is 11.4. The van der Waals surface area contributed by atoms with E-state index >= 15 is 0 Å². The van der Waals surface area contributed by atoms with Gasteiger partial charge in [-0.1, -0.05) is 12.1 Å². The molecule has 0 unspecified atom stereocenters. The molecular weight excluding hydrogens is 224 g/mol. The van der Waals surface area contributed by atoms with Gasteiger partial charge in [-0.3, -0.25) is 4.68 Å². The van der Waals surface area contributed by atoms with E-state index in [1.165, 1.54) is 16.6 Å². The second-order valence-corrected chi connectivity index (χ2v) is 4.96. The van der Waals surface area contributed by atoms with Crippen LogP contribution in [0.4, 0.5) is 5.69 Å². The fourth-order valence-electron chi connectivity index (χ4n) is 2.65. The molecule has 1 fully saturated rings. The Labute approximate surface area is 108 Å². The summed E-state index contributed by atoms with van der Waals surface area (Å²) in [7, 11) is 4.15. The first-order chi connectivity index (χ1) is 8.77. The Morgan fingerprint density at radius 2 is 1.89 bits per heavy atom. The van der Waals surface area contributed by atoms with Gasteiger partial charge in [-0.15, -0.1) is 0 Å². The van der Waals surface area contributed by atoms with Gasteiger partial charge in [0.15, 0.2) is 0 Å². The highest BCUT2D eigenvalue weighted by Crippen LogP contribution is 2.27. The molecule has 1 aliphatic rings. The van der Waals surface area contributed by atoms with Crippen LogP contribution in [0.15, 0.2) is 30.5 Å². The summed E-state index contributed by atoms with van der Waals surface area (Å²) >= 11 is 0. The van der Waals surface area contributed by atoms with Gasteiger partial charge < -0.3 is 15.2 Å². The zero-order valence-electron chi connectivity index (χ0n) is 11.1. The third-order valence-corrected chi connectivity index (χ3v) is 3.56. The molecule has 0 radical (unpaired) electrons. The van der Waals surface area contributed by atoms with E-state index < -0.39 is 0 Å². The number of anilines is 1. The van der Waals surface area contributed by atoms with Gasteiger partial charge in [-0.05, 0) is 12.1 Å². The lowest BCUT2D eigenvalue weighted by Crippen LogP contribution is -2.43. The molecule has 0 spiro atoms. The molecule has 96 valence electrons. The molecule has 3 rings (SSSR count). The predicted molar refractivity (Wildman–Crippen MR) is 77.1 cm³/mol. The van der Waals surface area contributed by atoms with Crippen LogP contribution in [-0.4, -0.2) is 45.0 Å². The van der Waals surface area contributed by atoms with Gasteiger partial charge in [0.1, 0.15) is 0 Å². The molecular formula is C14H20N4. The molecule has 0 atom stereocenters. The Balaban J connectivity index is 2.12. The van der Waals surface area contributed by atoms with E-state index in [-0.39, 0.29) is 0 Å².